The second kappa shape index (κ2) is 2.20. The molecule has 0 atom stereocenters. The molecule has 5 heteroatoms. The molecule has 0 amide bonds. The zero-order valence-electron chi connectivity index (χ0n) is 5.41. The van der Waals surface area contributed by atoms with Crippen molar-refractivity contribution in [1.29, 1.82) is 0 Å². The van der Waals surface area contributed by atoms with Gasteiger partial charge in [-0.15, -0.1) is 9.94 Å². The first-order valence-electron chi connectivity index (χ1n) is 3.01. The van der Waals surface area contributed by atoms with Gasteiger partial charge in [-0.25, -0.2) is 0 Å². The fraction of sp³-hybridized carbons (Fsp3) is 0. The van der Waals surface area contributed by atoms with Crippen LogP contribution in [0.4, 0.5) is 0 Å². The average Bonchev–Trinajstić information content (AvgIpc) is 2.32. The molecule has 4 nitrogen and oxygen atoms in total. The molecule has 0 aliphatic rings. The van der Waals surface area contributed by atoms with Crippen LogP contribution in [0.25, 0.3) is 11.0 Å². The van der Waals surface area contributed by atoms with Gasteiger partial charge in [0.1, 0.15) is 0 Å². The number of H-pyrrole nitrogens is 1. The van der Waals surface area contributed by atoms with Gasteiger partial charge in [-0.2, -0.15) is 0 Å². The maximum absolute atomic E-state index is 10.8. The van der Waals surface area contributed by atoms with Gasteiger partial charge in [-0.1, -0.05) is 15.9 Å². The lowest BCUT2D eigenvalue weighted by atomic mass is 10.3. The fourth-order valence-corrected chi connectivity index (χ4v) is 1.28. The number of benzene rings is 1. The van der Waals surface area contributed by atoms with Crippen molar-refractivity contribution in [3.63, 3.8) is 0 Å². The first-order valence-corrected chi connectivity index (χ1v) is 3.80. The molecule has 0 radical (unpaired) electrons. The summed E-state index contributed by atoms with van der Waals surface area (Å²) in [6, 6.07) is 5.30. The van der Waals surface area contributed by atoms with Gasteiger partial charge in [0.05, 0.1) is 5.21 Å². The van der Waals surface area contributed by atoms with E-state index in [2.05, 4.69) is 26.2 Å². The summed E-state index contributed by atoms with van der Waals surface area (Å²) in [5, 5.41) is 16.9. The van der Waals surface area contributed by atoms with Gasteiger partial charge in [0.2, 0.25) is 5.52 Å². The second-order valence-electron chi connectivity index (χ2n) is 2.15. The van der Waals surface area contributed by atoms with E-state index in [9.17, 15) is 5.21 Å². The number of nitrogens with zero attached hydrogens (tertiary/aromatic N) is 2. The van der Waals surface area contributed by atoms with Crippen molar-refractivity contribution in [1.82, 2.24) is 10.3 Å². The maximum Gasteiger partial charge on any atom is 0.202 e. The minimum Gasteiger partial charge on any atom is -0.691 e. The lowest BCUT2D eigenvalue weighted by Gasteiger charge is -1.91. The van der Waals surface area contributed by atoms with Crippen LogP contribution in [-0.4, -0.2) is 10.3 Å². The summed E-state index contributed by atoms with van der Waals surface area (Å²) in [6.45, 7) is 0. The summed E-state index contributed by atoms with van der Waals surface area (Å²) < 4.78 is 0.925. The molecule has 0 saturated carbocycles. The quantitative estimate of drug-likeness (QED) is 0.524. The number of aromatic nitrogens is 3. The molecule has 0 saturated heterocycles. The molecule has 0 spiro atoms. The van der Waals surface area contributed by atoms with Crippen LogP contribution in [0.3, 0.4) is 0 Å². The summed E-state index contributed by atoms with van der Waals surface area (Å²) in [5.41, 5.74) is 1.28. The van der Waals surface area contributed by atoms with Crippen molar-refractivity contribution >= 4 is 27.0 Å². The highest BCUT2D eigenvalue weighted by Crippen LogP contribution is 2.14. The van der Waals surface area contributed by atoms with Gasteiger partial charge in [0.15, 0.2) is 5.52 Å². The third kappa shape index (κ3) is 0.970. The predicted octanol–water partition coefficient (Wildman–Crippen LogP) is 0.959. The van der Waals surface area contributed by atoms with Gasteiger partial charge >= 0.3 is 0 Å². The van der Waals surface area contributed by atoms with Crippen molar-refractivity contribution in [2.45, 2.75) is 0 Å². The van der Waals surface area contributed by atoms with Crippen molar-refractivity contribution in [2.24, 2.45) is 0 Å². The molecule has 0 aliphatic heterocycles. The molecule has 2 aromatic rings. The van der Waals surface area contributed by atoms with E-state index in [4.69, 9.17) is 0 Å². The van der Waals surface area contributed by atoms with Gasteiger partial charge < -0.3 is 5.21 Å². The number of halogens is 1. The van der Waals surface area contributed by atoms with Crippen LogP contribution < -0.4 is 4.85 Å². The van der Waals surface area contributed by atoms with Gasteiger partial charge in [-0.3, -0.25) is 0 Å². The van der Waals surface area contributed by atoms with Crippen LogP contribution in [0.2, 0.25) is 0 Å². The van der Waals surface area contributed by atoms with E-state index in [1.54, 1.807) is 18.2 Å². The van der Waals surface area contributed by atoms with Gasteiger partial charge in [0, 0.05) is 10.5 Å². The molecular formula is C6H4BrN3O. The third-order valence-electron chi connectivity index (χ3n) is 1.43. The summed E-state index contributed by atoms with van der Waals surface area (Å²) in [7, 11) is 0. The van der Waals surface area contributed by atoms with E-state index in [1.165, 1.54) is 0 Å². The number of fused-ring (bicyclic) bond motifs is 1. The van der Waals surface area contributed by atoms with Gasteiger partial charge in [0.25, 0.3) is 0 Å². The Bertz CT molecular complexity index is 398. The topological polar surface area (TPSA) is 55.6 Å². The third-order valence-corrected chi connectivity index (χ3v) is 1.92. The number of rotatable bonds is 0. The highest BCUT2D eigenvalue weighted by molar-refractivity contribution is 9.10. The van der Waals surface area contributed by atoms with E-state index < -0.39 is 0 Å². The monoisotopic (exact) mass is 213 g/mol. The van der Waals surface area contributed by atoms with Gasteiger partial charge in [-0.05, 0) is 12.1 Å². The number of hydrogen-bond acceptors (Lipinski definition) is 2. The molecular weight excluding hydrogens is 210 g/mol. The van der Waals surface area contributed by atoms with Crippen LogP contribution in [0.15, 0.2) is 22.7 Å². The molecule has 0 fully saturated rings. The second-order valence-corrected chi connectivity index (χ2v) is 3.06. The van der Waals surface area contributed by atoms with Crippen molar-refractivity contribution in [3.8, 4) is 0 Å². The minimum atomic E-state index is 0.549. The fourth-order valence-electron chi connectivity index (χ4n) is 0.918. The maximum atomic E-state index is 10.8. The lowest BCUT2D eigenvalue weighted by Crippen LogP contribution is -2.27. The van der Waals surface area contributed by atoms with Crippen LogP contribution >= 0.6 is 15.9 Å². The Morgan fingerprint density at radius 2 is 2.36 bits per heavy atom. The normalized spacial score (nSPS) is 10.6. The van der Waals surface area contributed by atoms with E-state index >= 15 is 0 Å². The Morgan fingerprint density at radius 3 is 3.18 bits per heavy atom. The highest BCUT2D eigenvalue weighted by atomic mass is 79.9. The lowest BCUT2D eigenvalue weighted by molar-refractivity contribution is -0.644. The van der Waals surface area contributed by atoms with Crippen molar-refractivity contribution in [3.05, 3.63) is 27.9 Å². The predicted molar refractivity (Wildman–Crippen MR) is 42.8 cm³/mol. The van der Waals surface area contributed by atoms with Crippen molar-refractivity contribution in [2.75, 3.05) is 0 Å². The first kappa shape index (κ1) is 6.60. The molecule has 11 heavy (non-hydrogen) atoms. The molecule has 1 heterocycles. The molecule has 1 N–H and O–H groups in total. The van der Waals surface area contributed by atoms with E-state index in [-0.39, 0.29) is 0 Å². The Labute approximate surface area is 70.5 Å². The van der Waals surface area contributed by atoms with Crippen molar-refractivity contribution < 1.29 is 4.85 Å². The standard InChI is InChI=1S/C6H4BrN3O/c7-4-1-2-6-5(3-4)8-9-10(6)11/h1-3,8H. The molecule has 56 valence electrons. The SMILES string of the molecule is [O-][n+]1n[nH]c2cc(Br)ccc21. The van der Waals surface area contributed by atoms with E-state index in [0.29, 0.717) is 10.4 Å². The van der Waals surface area contributed by atoms with Crippen LogP contribution in [0, 0.1) is 5.21 Å². The Hall–Kier alpha value is -1.10. The largest absolute Gasteiger partial charge is 0.691 e. The summed E-state index contributed by atoms with van der Waals surface area (Å²) in [6.07, 6.45) is 0. The number of hydrogen-bond donors (Lipinski definition) is 1. The zero-order valence-corrected chi connectivity index (χ0v) is 7.00. The molecule has 0 aliphatic carbocycles. The van der Waals surface area contributed by atoms with Crippen LogP contribution in [0.1, 0.15) is 0 Å². The Balaban J connectivity index is 2.86. The summed E-state index contributed by atoms with van der Waals surface area (Å²) >= 11 is 3.28. The molecule has 1 aromatic heterocycles. The van der Waals surface area contributed by atoms with E-state index in [1.807, 2.05) is 0 Å². The Kier molecular flexibility index (Phi) is 1.32. The highest BCUT2D eigenvalue weighted by Gasteiger charge is 2.04. The number of aromatic amines is 1. The molecule has 0 unspecified atom stereocenters. The van der Waals surface area contributed by atoms with Crippen LogP contribution in [-0.2, 0) is 0 Å². The van der Waals surface area contributed by atoms with E-state index in [0.717, 1.165) is 9.99 Å². The van der Waals surface area contributed by atoms with Crippen LogP contribution in [0.5, 0.6) is 0 Å². The zero-order chi connectivity index (χ0) is 7.84. The summed E-state index contributed by atoms with van der Waals surface area (Å²) in [4.78, 5) is 0.557. The molecule has 0 bridgehead atoms. The molecule has 1 aromatic carbocycles. The molecule has 2 rings (SSSR count). The Morgan fingerprint density at radius 1 is 1.55 bits per heavy atom. The smallest absolute Gasteiger partial charge is 0.202 e. The number of nitrogens with one attached hydrogen (secondary N) is 1. The summed E-state index contributed by atoms with van der Waals surface area (Å²) in [5.74, 6) is 0. The average molecular weight is 214 g/mol. The minimum absolute atomic E-state index is 0.549. The first-order chi connectivity index (χ1) is 5.27.